The van der Waals surface area contributed by atoms with Crippen molar-refractivity contribution in [3.63, 3.8) is 0 Å². The largest absolute Gasteiger partial charge is 0.352 e. The van der Waals surface area contributed by atoms with Crippen molar-refractivity contribution in [2.45, 2.75) is 20.3 Å². The third kappa shape index (κ3) is 3.95. The Kier molecular flexibility index (Phi) is 5.31. The molecule has 22 heavy (non-hydrogen) atoms. The molecule has 114 valence electrons. The van der Waals surface area contributed by atoms with E-state index in [1.54, 1.807) is 24.3 Å². The first-order chi connectivity index (χ1) is 10.6. The third-order valence-electron chi connectivity index (χ3n) is 3.34. The zero-order valence-corrected chi connectivity index (χ0v) is 12.8. The average molecular weight is 296 g/mol. The first-order valence-electron chi connectivity index (χ1n) is 7.42. The molecule has 0 atom stereocenters. The van der Waals surface area contributed by atoms with E-state index < -0.39 is 0 Å². The molecule has 0 heterocycles. The summed E-state index contributed by atoms with van der Waals surface area (Å²) >= 11 is 0. The molecule has 2 N–H and O–H groups in total. The molecule has 0 spiro atoms. The molecule has 2 rings (SSSR count). The van der Waals surface area contributed by atoms with Gasteiger partial charge in [0.05, 0.1) is 0 Å². The second-order valence-corrected chi connectivity index (χ2v) is 4.94. The maximum absolute atomic E-state index is 12.2. The fraction of sp³-hybridized carbons (Fsp3) is 0.222. The standard InChI is InChI=1S/C18H20N2O2/c1-3-13-8-10-14(11-9-13)18(22)20-16-7-5-6-15(12-16)17(21)19-4-2/h5-12H,3-4H2,1-2H3,(H,19,21)(H,20,22). The molecule has 2 aromatic carbocycles. The lowest BCUT2D eigenvalue weighted by molar-refractivity contribution is 0.0954. The summed E-state index contributed by atoms with van der Waals surface area (Å²) < 4.78 is 0. The van der Waals surface area contributed by atoms with Crippen molar-refractivity contribution in [1.82, 2.24) is 5.32 Å². The predicted molar refractivity (Wildman–Crippen MR) is 88.2 cm³/mol. The predicted octanol–water partition coefficient (Wildman–Crippen LogP) is 3.25. The van der Waals surface area contributed by atoms with Gasteiger partial charge >= 0.3 is 0 Å². The maximum atomic E-state index is 12.2. The van der Waals surface area contributed by atoms with Crippen molar-refractivity contribution in [3.8, 4) is 0 Å². The van der Waals surface area contributed by atoms with Crippen molar-refractivity contribution in [2.24, 2.45) is 0 Å². The minimum absolute atomic E-state index is 0.147. The Labute approximate surface area is 130 Å². The highest BCUT2D eigenvalue weighted by molar-refractivity contribution is 6.05. The van der Waals surface area contributed by atoms with Gasteiger partial charge < -0.3 is 10.6 Å². The molecule has 0 aliphatic heterocycles. The van der Waals surface area contributed by atoms with Crippen LogP contribution in [0, 0.1) is 0 Å². The highest BCUT2D eigenvalue weighted by Crippen LogP contribution is 2.13. The van der Waals surface area contributed by atoms with Crippen LogP contribution in [0.4, 0.5) is 5.69 Å². The Balaban J connectivity index is 2.10. The number of nitrogens with one attached hydrogen (secondary N) is 2. The number of rotatable bonds is 5. The van der Waals surface area contributed by atoms with Crippen LogP contribution in [0.15, 0.2) is 48.5 Å². The van der Waals surface area contributed by atoms with Crippen LogP contribution in [0.5, 0.6) is 0 Å². The van der Waals surface area contributed by atoms with E-state index in [-0.39, 0.29) is 11.8 Å². The third-order valence-corrected chi connectivity index (χ3v) is 3.34. The minimum Gasteiger partial charge on any atom is -0.352 e. The van der Waals surface area contributed by atoms with E-state index in [0.29, 0.717) is 23.4 Å². The van der Waals surface area contributed by atoms with E-state index in [0.717, 1.165) is 6.42 Å². The number of carbonyl (C=O) groups excluding carboxylic acids is 2. The number of carbonyl (C=O) groups is 2. The molecule has 2 amide bonds. The van der Waals surface area contributed by atoms with Gasteiger partial charge in [-0.2, -0.15) is 0 Å². The molecule has 0 unspecified atom stereocenters. The molecule has 4 nitrogen and oxygen atoms in total. The molecule has 4 heteroatoms. The molecule has 0 aliphatic carbocycles. The monoisotopic (exact) mass is 296 g/mol. The lowest BCUT2D eigenvalue weighted by Crippen LogP contribution is -2.22. The number of amides is 2. The van der Waals surface area contributed by atoms with Gasteiger partial charge in [-0.05, 0) is 49.2 Å². The molecular formula is C18H20N2O2. The molecule has 0 radical (unpaired) electrons. The fourth-order valence-corrected chi connectivity index (χ4v) is 2.10. The molecule has 0 saturated heterocycles. The number of benzene rings is 2. The van der Waals surface area contributed by atoms with Gasteiger partial charge in [-0.25, -0.2) is 0 Å². The number of hydrogen-bond donors (Lipinski definition) is 2. The van der Waals surface area contributed by atoms with Crippen LogP contribution in [0.25, 0.3) is 0 Å². The molecule has 0 bridgehead atoms. The zero-order chi connectivity index (χ0) is 15.9. The summed E-state index contributed by atoms with van der Waals surface area (Å²) in [6, 6.07) is 14.4. The molecule has 0 saturated carbocycles. The lowest BCUT2D eigenvalue weighted by atomic mass is 10.1. The van der Waals surface area contributed by atoms with E-state index >= 15 is 0 Å². The molecule has 0 aromatic heterocycles. The van der Waals surface area contributed by atoms with E-state index in [2.05, 4.69) is 17.6 Å². The van der Waals surface area contributed by atoms with Crippen LogP contribution >= 0.6 is 0 Å². The summed E-state index contributed by atoms with van der Waals surface area (Å²) in [5.74, 6) is -0.332. The summed E-state index contributed by atoms with van der Waals surface area (Å²) in [5.41, 5.74) is 2.92. The molecule has 2 aromatic rings. The first kappa shape index (κ1) is 15.8. The Morgan fingerprint density at radius 1 is 0.909 bits per heavy atom. The normalized spacial score (nSPS) is 10.1. The number of hydrogen-bond acceptors (Lipinski definition) is 2. The number of aryl methyl sites for hydroxylation is 1. The Morgan fingerprint density at radius 2 is 1.64 bits per heavy atom. The fourth-order valence-electron chi connectivity index (χ4n) is 2.10. The van der Waals surface area contributed by atoms with Crippen LogP contribution in [0.3, 0.4) is 0 Å². The Morgan fingerprint density at radius 3 is 2.27 bits per heavy atom. The topological polar surface area (TPSA) is 58.2 Å². The average Bonchev–Trinajstić information content (AvgIpc) is 2.55. The Hall–Kier alpha value is -2.62. The SMILES string of the molecule is CCNC(=O)c1cccc(NC(=O)c2ccc(CC)cc2)c1. The van der Waals surface area contributed by atoms with Crippen molar-refractivity contribution >= 4 is 17.5 Å². The van der Waals surface area contributed by atoms with Gasteiger partial charge in [-0.3, -0.25) is 9.59 Å². The second kappa shape index (κ2) is 7.41. The summed E-state index contributed by atoms with van der Waals surface area (Å²) in [7, 11) is 0. The van der Waals surface area contributed by atoms with Crippen molar-refractivity contribution in [1.29, 1.82) is 0 Å². The molecule has 0 fully saturated rings. The van der Waals surface area contributed by atoms with Crippen LogP contribution in [0.2, 0.25) is 0 Å². The highest BCUT2D eigenvalue weighted by atomic mass is 16.2. The van der Waals surface area contributed by atoms with E-state index in [9.17, 15) is 9.59 Å². The highest BCUT2D eigenvalue weighted by Gasteiger charge is 2.08. The van der Waals surface area contributed by atoms with Crippen molar-refractivity contribution < 1.29 is 9.59 Å². The van der Waals surface area contributed by atoms with Gasteiger partial charge in [0, 0.05) is 23.4 Å². The van der Waals surface area contributed by atoms with Crippen LogP contribution < -0.4 is 10.6 Å². The molecule has 0 aliphatic rings. The van der Waals surface area contributed by atoms with Crippen LogP contribution in [-0.2, 0) is 6.42 Å². The van der Waals surface area contributed by atoms with Crippen molar-refractivity contribution in [3.05, 3.63) is 65.2 Å². The Bertz CT molecular complexity index is 663. The summed E-state index contributed by atoms with van der Waals surface area (Å²) in [5, 5.41) is 5.55. The van der Waals surface area contributed by atoms with Crippen LogP contribution in [-0.4, -0.2) is 18.4 Å². The van der Waals surface area contributed by atoms with E-state index in [1.807, 2.05) is 31.2 Å². The maximum Gasteiger partial charge on any atom is 0.255 e. The van der Waals surface area contributed by atoms with Crippen molar-refractivity contribution in [2.75, 3.05) is 11.9 Å². The number of anilines is 1. The van der Waals surface area contributed by atoms with Gasteiger partial charge in [-0.15, -0.1) is 0 Å². The summed E-state index contributed by atoms with van der Waals surface area (Å²) in [6.07, 6.45) is 0.941. The minimum atomic E-state index is -0.185. The summed E-state index contributed by atoms with van der Waals surface area (Å²) in [6.45, 7) is 4.50. The van der Waals surface area contributed by atoms with E-state index in [1.165, 1.54) is 5.56 Å². The van der Waals surface area contributed by atoms with Gasteiger partial charge in [0.15, 0.2) is 0 Å². The summed E-state index contributed by atoms with van der Waals surface area (Å²) in [4.78, 5) is 24.0. The second-order valence-electron chi connectivity index (χ2n) is 4.94. The van der Waals surface area contributed by atoms with E-state index in [4.69, 9.17) is 0 Å². The van der Waals surface area contributed by atoms with Gasteiger partial charge in [0.1, 0.15) is 0 Å². The zero-order valence-electron chi connectivity index (χ0n) is 12.8. The van der Waals surface area contributed by atoms with Gasteiger partial charge in [-0.1, -0.05) is 25.1 Å². The lowest BCUT2D eigenvalue weighted by Gasteiger charge is -2.08. The van der Waals surface area contributed by atoms with Crippen LogP contribution in [0.1, 0.15) is 40.1 Å². The smallest absolute Gasteiger partial charge is 0.255 e. The molecular weight excluding hydrogens is 276 g/mol. The first-order valence-corrected chi connectivity index (χ1v) is 7.42. The van der Waals surface area contributed by atoms with Gasteiger partial charge in [0.2, 0.25) is 0 Å². The quantitative estimate of drug-likeness (QED) is 0.890. The van der Waals surface area contributed by atoms with Gasteiger partial charge in [0.25, 0.3) is 11.8 Å².